The molecular formula is C60H101NO17S2. The Labute approximate surface area is 486 Å². The second kappa shape index (κ2) is 45.6. The normalized spacial score (nSPS) is 14.6. The first kappa shape index (κ1) is 81.5. The summed E-state index contributed by atoms with van der Waals surface area (Å²) < 4.78 is 23.5. The van der Waals surface area contributed by atoms with Crippen LogP contribution >= 0.6 is 21.6 Å². The molecule has 1 fully saturated rings. The van der Waals surface area contributed by atoms with E-state index in [1.807, 2.05) is 80.5 Å². The topological polar surface area (TPSA) is 266 Å². The highest BCUT2D eigenvalue weighted by Gasteiger charge is 2.26. The Balaban J connectivity index is -0.000000435. The van der Waals surface area contributed by atoms with Crippen LogP contribution in [0.15, 0.2) is 24.3 Å². The highest BCUT2D eigenvalue weighted by Crippen LogP contribution is 2.40. The van der Waals surface area contributed by atoms with Gasteiger partial charge >= 0.3 is 29.8 Å². The molecule has 80 heavy (non-hydrogen) atoms. The molecule has 0 radical (unpaired) electrons. The number of esters is 5. The van der Waals surface area contributed by atoms with Crippen LogP contribution in [0.2, 0.25) is 0 Å². The molecule has 0 saturated carbocycles. The molecule has 0 bridgehead atoms. The minimum Gasteiger partial charge on any atom is -0.466 e. The van der Waals surface area contributed by atoms with Crippen LogP contribution in [0.4, 0.5) is 0 Å². The first-order valence-corrected chi connectivity index (χ1v) is 30.1. The zero-order valence-corrected chi connectivity index (χ0v) is 53.9. The lowest BCUT2D eigenvalue weighted by Gasteiger charge is -2.19. The molecule has 2 rings (SSSR count). The average molecular weight is 1170 g/mol. The number of Topliss-reactive ketones (excluding diaryl/α,β-unsaturated/α-hetero) is 5. The van der Waals surface area contributed by atoms with Gasteiger partial charge in [0, 0.05) is 67.3 Å². The Morgan fingerprint density at radius 2 is 1.00 bits per heavy atom. The number of carbonyl (C=O) groups excluding carboxylic acids is 11. The number of methoxy groups -OCH3 is 1. The Hall–Kier alpha value is -4.95. The molecule has 0 spiro atoms. The number of unbranched alkanes of at least 4 members (excludes halogenated alkanes) is 1. The molecule has 0 aliphatic carbocycles. The number of aliphatic hydroxyl groups is 1. The van der Waals surface area contributed by atoms with Crippen molar-refractivity contribution in [2.75, 3.05) is 12.9 Å². The predicted octanol–water partition coefficient (Wildman–Crippen LogP) is 10.2. The molecule has 1 aromatic rings. The van der Waals surface area contributed by atoms with Crippen LogP contribution in [-0.4, -0.2) is 124 Å². The van der Waals surface area contributed by atoms with Crippen LogP contribution in [-0.2, 0) is 82.8 Å². The highest BCUT2D eigenvalue weighted by atomic mass is 33.1. The summed E-state index contributed by atoms with van der Waals surface area (Å²) >= 11 is 0. The summed E-state index contributed by atoms with van der Waals surface area (Å²) in [5, 5.41) is 12.2. The van der Waals surface area contributed by atoms with Gasteiger partial charge in [-0.2, -0.15) is 0 Å². The van der Waals surface area contributed by atoms with Gasteiger partial charge in [0.15, 0.2) is 41.8 Å². The summed E-state index contributed by atoms with van der Waals surface area (Å²) in [6.07, 6.45) is 2.65. The van der Waals surface area contributed by atoms with E-state index in [0.717, 1.165) is 23.7 Å². The molecule has 1 aromatic carbocycles. The molecule has 18 nitrogen and oxygen atoms in total. The third-order valence-electron chi connectivity index (χ3n) is 11.3. The van der Waals surface area contributed by atoms with Crippen molar-refractivity contribution in [1.82, 2.24) is 5.32 Å². The average Bonchev–Trinajstić information content (AvgIpc) is 3.90. The summed E-state index contributed by atoms with van der Waals surface area (Å²) in [4.78, 5) is 122. The van der Waals surface area contributed by atoms with E-state index in [0.29, 0.717) is 24.4 Å². The molecule has 1 amide bonds. The Kier molecular flexibility index (Phi) is 46.5. The Morgan fingerprint density at radius 1 is 0.562 bits per heavy atom. The number of carbonyl (C=O) groups is 11. The van der Waals surface area contributed by atoms with E-state index in [4.69, 9.17) is 19.3 Å². The summed E-state index contributed by atoms with van der Waals surface area (Å²) in [6, 6.07) is 7.45. The van der Waals surface area contributed by atoms with Crippen LogP contribution in [0.1, 0.15) is 188 Å². The molecule has 460 valence electrons. The number of aliphatic hydroxyl groups excluding tert-OH is 1. The fraction of sp³-hybridized carbons (Fsp3) is 0.717. The number of nitrogens with one attached hydrogen (secondary N) is 1. The first-order chi connectivity index (χ1) is 36.9. The summed E-state index contributed by atoms with van der Waals surface area (Å²) in [5.41, 5.74) is 2.35. The molecule has 1 saturated heterocycles. The number of amides is 1. The van der Waals surface area contributed by atoms with Gasteiger partial charge in [-0.3, -0.25) is 38.4 Å². The third-order valence-corrected chi connectivity index (χ3v) is 14.3. The zero-order chi connectivity index (χ0) is 63.2. The van der Waals surface area contributed by atoms with Crippen molar-refractivity contribution in [3.05, 3.63) is 35.4 Å². The van der Waals surface area contributed by atoms with Crippen molar-refractivity contribution in [2.24, 2.45) is 35.5 Å². The Bertz CT molecular complexity index is 2030. The largest absolute Gasteiger partial charge is 0.466 e. The molecule has 20 heteroatoms. The molecule has 1 aliphatic heterocycles. The van der Waals surface area contributed by atoms with Gasteiger partial charge in [0.1, 0.15) is 23.7 Å². The summed E-state index contributed by atoms with van der Waals surface area (Å²) in [5.74, 6) is -1.51. The monoisotopic (exact) mass is 1170 g/mol. The molecule has 0 aromatic heterocycles. The zero-order valence-electron chi connectivity index (χ0n) is 52.3. The molecule has 0 unspecified atom stereocenters. The van der Waals surface area contributed by atoms with Gasteiger partial charge in [0.2, 0.25) is 5.91 Å². The number of hydrogen-bond acceptors (Lipinski definition) is 19. The lowest BCUT2D eigenvalue weighted by Crippen LogP contribution is -2.42. The quantitative estimate of drug-likeness (QED) is 0.0399. The van der Waals surface area contributed by atoms with Gasteiger partial charge in [0.25, 0.3) is 0 Å². The minimum atomic E-state index is -1.18. The van der Waals surface area contributed by atoms with Crippen molar-refractivity contribution in [2.45, 2.75) is 232 Å². The van der Waals surface area contributed by atoms with E-state index in [-0.39, 0.29) is 58.8 Å². The maximum atomic E-state index is 11.7. The lowest BCUT2D eigenvalue weighted by molar-refractivity contribution is -0.166. The van der Waals surface area contributed by atoms with Crippen LogP contribution in [0, 0.1) is 42.4 Å². The number of benzene rings is 1. The second-order valence-electron chi connectivity index (χ2n) is 21.2. The van der Waals surface area contributed by atoms with E-state index in [2.05, 4.69) is 14.8 Å². The minimum absolute atomic E-state index is 0.0415. The molecule has 1 aliphatic rings. The van der Waals surface area contributed by atoms with Gasteiger partial charge in [0.05, 0.1) is 13.0 Å². The fourth-order valence-electron chi connectivity index (χ4n) is 6.09. The van der Waals surface area contributed by atoms with Crippen molar-refractivity contribution in [3.63, 3.8) is 0 Å². The molecular weight excluding hydrogens is 1070 g/mol. The van der Waals surface area contributed by atoms with E-state index in [9.17, 15) is 52.7 Å². The van der Waals surface area contributed by atoms with Crippen molar-refractivity contribution >= 4 is 86.3 Å². The van der Waals surface area contributed by atoms with E-state index in [1.54, 1.807) is 76.2 Å². The third kappa shape index (κ3) is 42.0. The van der Waals surface area contributed by atoms with Gasteiger partial charge in [-0.15, -0.1) is 0 Å². The summed E-state index contributed by atoms with van der Waals surface area (Å²) in [6.45, 7) is 35.6. The number of aryl methyl sites for hydroxylation is 1. The van der Waals surface area contributed by atoms with E-state index in [1.165, 1.54) is 72.3 Å². The fourth-order valence-corrected chi connectivity index (χ4v) is 9.12. The predicted molar refractivity (Wildman–Crippen MR) is 315 cm³/mol. The highest BCUT2D eigenvalue weighted by molar-refractivity contribution is 8.77. The SMILES string of the molecule is CC(=O)O[C@H](C)C(=O)C(C)C.CC(C)C(=O)CCCC[C@@H]1CCSS1.CC(C)C(=O)[C@H](C)OC(=O)[C@@H](C)O.CC[C@H](NC(C)=O)C(=O)O[C@H](C)C(=O)C(C)C.COC(=O)[C@@H](C)OC(=O)C(C)C.Cc1ccc(CC(=O)C(C)C)cc1. The lowest BCUT2D eigenvalue weighted by atomic mass is 10.0. The van der Waals surface area contributed by atoms with Gasteiger partial charge < -0.3 is 34.1 Å². The smallest absolute Gasteiger partial charge is 0.346 e. The van der Waals surface area contributed by atoms with Crippen LogP contribution < -0.4 is 5.32 Å². The number of ketones is 5. The van der Waals surface area contributed by atoms with Crippen molar-refractivity contribution < 1.29 is 81.5 Å². The number of rotatable bonds is 25. The van der Waals surface area contributed by atoms with E-state index >= 15 is 0 Å². The first-order valence-electron chi connectivity index (χ1n) is 27.7. The van der Waals surface area contributed by atoms with Crippen LogP contribution in [0.5, 0.6) is 0 Å². The Morgan fingerprint density at radius 3 is 1.35 bits per heavy atom. The standard InChI is InChI=1S/C12H21NO4.C12H16O.C11H20OS2.C9H16O4.C8H14O4.C8H14O3/c1-6-10(13-9(5)14)12(16)17-8(4)11(15)7(2)3;1-9(2)12(13)8-11-6-4-10(3)5-7-11;1-9(2)11(12)6-4-3-5-10-7-8-13-14-10;1-5(2)8(11)7(4)13-9(12)6(3)10;1-5(2)7(9)12-6(3)8(10)11-4;1-5(2)8(10)6(3)11-7(4)9/h7-8,10H,6H2,1-5H3,(H,13,14);4-7,9H,8H2,1-3H3;9-10H,3-8H2,1-2H3;5-7,10H,1-4H3;5-6H,1-4H3;5-6H,1-4H3/t8-,10+;;10-;6-,7+;2*6-/m1.1111/s1. The van der Waals surface area contributed by atoms with E-state index < -0.39 is 66.4 Å². The number of ether oxygens (including phenoxy) is 5. The van der Waals surface area contributed by atoms with Crippen LogP contribution in [0.3, 0.4) is 0 Å². The maximum Gasteiger partial charge on any atom is 0.346 e. The van der Waals surface area contributed by atoms with Gasteiger partial charge in [-0.25, -0.2) is 14.4 Å². The van der Waals surface area contributed by atoms with Crippen LogP contribution in [0.25, 0.3) is 0 Å². The molecule has 2 N–H and O–H groups in total. The second-order valence-corrected chi connectivity index (χ2v) is 23.9. The van der Waals surface area contributed by atoms with Gasteiger partial charge in [-0.1, -0.05) is 148 Å². The number of hydrogen-bond donors (Lipinski definition) is 2. The van der Waals surface area contributed by atoms with Gasteiger partial charge in [-0.05, 0) is 72.8 Å². The molecule has 1 heterocycles. The van der Waals surface area contributed by atoms with Crippen molar-refractivity contribution in [1.29, 1.82) is 0 Å². The maximum absolute atomic E-state index is 11.7. The van der Waals surface area contributed by atoms with Crippen molar-refractivity contribution in [3.8, 4) is 0 Å². The molecule has 7 atom stereocenters. The summed E-state index contributed by atoms with van der Waals surface area (Å²) in [7, 11) is 5.29.